The summed E-state index contributed by atoms with van der Waals surface area (Å²) >= 11 is 0. The Balaban J connectivity index is 1.95. The Morgan fingerprint density at radius 3 is 2.73 bits per heavy atom. The van der Waals surface area contributed by atoms with Crippen molar-refractivity contribution in [3.05, 3.63) is 35.7 Å². The lowest BCUT2D eigenvalue weighted by Crippen LogP contribution is -2.33. The summed E-state index contributed by atoms with van der Waals surface area (Å²) in [5, 5.41) is 1.21. The molecule has 1 atom stereocenters. The molecule has 0 saturated heterocycles. The Hall–Kier alpha value is -2.23. The van der Waals surface area contributed by atoms with E-state index in [1.54, 1.807) is 0 Å². The molecule has 114 valence electrons. The number of furan rings is 1. The van der Waals surface area contributed by atoms with Gasteiger partial charge >= 0.3 is 0 Å². The lowest BCUT2D eigenvalue weighted by Gasteiger charge is -2.28. The summed E-state index contributed by atoms with van der Waals surface area (Å²) in [6.45, 7) is 6.41. The number of hydrogen-bond donors (Lipinski definition) is 0. The highest BCUT2D eigenvalue weighted by molar-refractivity contribution is 5.99. The van der Waals surface area contributed by atoms with Crippen LogP contribution in [0.5, 0.6) is 0 Å². The van der Waals surface area contributed by atoms with Crippen LogP contribution in [0.1, 0.15) is 31.4 Å². The van der Waals surface area contributed by atoms with Crippen LogP contribution in [0, 0.1) is 6.92 Å². The Labute approximate surface area is 130 Å². The van der Waals surface area contributed by atoms with Gasteiger partial charge in [-0.15, -0.1) is 0 Å². The van der Waals surface area contributed by atoms with Crippen LogP contribution >= 0.6 is 0 Å². The molecule has 0 saturated carbocycles. The van der Waals surface area contributed by atoms with Gasteiger partial charge in [-0.05, 0) is 39.2 Å². The number of anilines is 1. The number of nitrogens with zero attached hydrogens (tertiary/aromatic N) is 3. The first-order valence-corrected chi connectivity index (χ1v) is 7.84. The third kappa shape index (κ3) is 1.79. The van der Waals surface area contributed by atoms with E-state index in [4.69, 9.17) is 4.42 Å². The summed E-state index contributed by atoms with van der Waals surface area (Å²) in [5.74, 6) is 0.801. The zero-order chi connectivity index (χ0) is 15.4. The third-order valence-electron chi connectivity index (χ3n) is 4.86. The Morgan fingerprint density at radius 2 is 2.00 bits per heavy atom. The molecule has 0 N–H and O–H groups in total. The molecule has 4 rings (SSSR count). The molecule has 0 radical (unpaired) electrons. The number of aryl methyl sites for hydroxylation is 2. The second-order valence-electron chi connectivity index (χ2n) is 6.34. The van der Waals surface area contributed by atoms with Gasteiger partial charge in [-0.25, -0.2) is 4.99 Å². The number of fused-ring (bicyclic) bond motifs is 3. The van der Waals surface area contributed by atoms with E-state index in [1.807, 2.05) is 0 Å². The maximum Gasteiger partial charge on any atom is 0.223 e. The van der Waals surface area contributed by atoms with E-state index in [2.05, 4.69) is 67.1 Å². The SMILES string of the molecule is CC1=Nc2oc3c(N4C=CN(C)[C@@H]4C)c(C)ccc3c2CC1. The fraction of sp³-hybridized carbons (Fsp3) is 0.389. The molecule has 2 aliphatic rings. The van der Waals surface area contributed by atoms with Gasteiger partial charge in [0, 0.05) is 36.1 Å². The lowest BCUT2D eigenvalue weighted by molar-refractivity contribution is 0.382. The van der Waals surface area contributed by atoms with Crippen LogP contribution in [0.4, 0.5) is 11.6 Å². The highest BCUT2D eigenvalue weighted by Gasteiger charge is 2.27. The highest BCUT2D eigenvalue weighted by Crippen LogP contribution is 2.42. The average Bonchev–Trinajstić information content (AvgIpc) is 3.00. The molecule has 0 amide bonds. The summed E-state index contributed by atoms with van der Waals surface area (Å²) in [4.78, 5) is 9.10. The van der Waals surface area contributed by atoms with Crippen LogP contribution in [0.15, 0.2) is 33.9 Å². The van der Waals surface area contributed by atoms with E-state index >= 15 is 0 Å². The normalized spacial score (nSPS) is 20.7. The molecule has 0 bridgehead atoms. The topological polar surface area (TPSA) is 32.0 Å². The molecule has 2 aromatic rings. The number of benzene rings is 1. The molecule has 4 nitrogen and oxygen atoms in total. The van der Waals surface area contributed by atoms with Crippen LogP contribution in [-0.2, 0) is 6.42 Å². The maximum atomic E-state index is 6.19. The van der Waals surface area contributed by atoms with Crippen LogP contribution in [0.25, 0.3) is 11.0 Å². The van der Waals surface area contributed by atoms with Crippen molar-refractivity contribution in [1.82, 2.24) is 4.90 Å². The molecule has 3 heterocycles. The van der Waals surface area contributed by atoms with Crippen molar-refractivity contribution in [2.45, 2.75) is 39.8 Å². The standard InChI is InChI=1S/C18H21N3O/c1-11-5-7-14-15-8-6-12(2)19-18(15)22-17(14)16(11)21-10-9-20(4)13(21)3/h5,7,9-10,13H,6,8H2,1-4H3/t13-/m0/s1. The van der Waals surface area contributed by atoms with Crippen LogP contribution < -0.4 is 4.90 Å². The van der Waals surface area contributed by atoms with Gasteiger partial charge in [0.1, 0.15) is 6.17 Å². The largest absolute Gasteiger partial charge is 0.436 e. The van der Waals surface area contributed by atoms with Crippen molar-refractivity contribution < 1.29 is 4.42 Å². The maximum absolute atomic E-state index is 6.19. The van der Waals surface area contributed by atoms with E-state index in [-0.39, 0.29) is 6.17 Å². The van der Waals surface area contributed by atoms with Gasteiger partial charge in [0.25, 0.3) is 0 Å². The van der Waals surface area contributed by atoms with Gasteiger partial charge in [-0.1, -0.05) is 12.1 Å². The predicted octanol–water partition coefficient (Wildman–Crippen LogP) is 4.35. The van der Waals surface area contributed by atoms with Gasteiger partial charge in [-0.3, -0.25) is 0 Å². The van der Waals surface area contributed by atoms with E-state index in [0.29, 0.717) is 0 Å². The van der Waals surface area contributed by atoms with Crippen molar-refractivity contribution in [3.63, 3.8) is 0 Å². The third-order valence-corrected chi connectivity index (χ3v) is 4.86. The summed E-state index contributed by atoms with van der Waals surface area (Å²) in [6, 6.07) is 4.37. The molecular formula is C18H21N3O. The second-order valence-corrected chi connectivity index (χ2v) is 6.34. The number of rotatable bonds is 1. The van der Waals surface area contributed by atoms with Crippen LogP contribution in [0.2, 0.25) is 0 Å². The van der Waals surface area contributed by atoms with Crippen molar-refractivity contribution >= 4 is 28.3 Å². The predicted molar refractivity (Wildman–Crippen MR) is 90.9 cm³/mol. The zero-order valence-corrected chi connectivity index (χ0v) is 13.6. The minimum absolute atomic E-state index is 0.289. The smallest absolute Gasteiger partial charge is 0.223 e. The zero-order valence-electron chi connectivity index (χ0n) is 13.6. The molecular weight excluding hydrogens is 274 g/mol. The fourth-order valence-electron chi connectivity index (χ4n) is 3.36. The molecule has 2 aliphatic heterocycles. The molecule has 1 aromatic carbocycles. The first-order valence-electron chi connectivity index (χ1n) is 7.84. The lowest BCUT2D eigenvalue weighted by atomic mass is 10.0. The first-order chi connectivity index (χ1) is 10.6. The molecule has 0 unspecified atom stereocenters. The quantitative estimate of drug-likeness (QED) is 0.784. The second kappa shape index (κ2) is 4.63. The van der Waals surface area contributed by atoms with Crippen molar-refractivity contribution in [2.24, 2.45) is 4.99 Å². The summed E-state index contributed by atoms with van der Waals surface area (Å²) in [6.07, 6.45) is 6.56. The monoisotopic (exact) mass is 295 g/mol. The van der Waals surface area contributed by atoms with E-state index < -0.39 is 0 Å². The summed E-state index contributed by atoms with van der Waals surface area (Å²) in [7, 11) is 2.09. The Kier molecular flexibility index (Phi) is 2.83. The number of aliphatic imine (C=N–C) groups is 1. The number of hydrogen-bond acceptors (Lipinski definition) is 4. The van der Waals surface area contributed by atoms with Gasteiger partial charge in [0.15, 0.2) is 5.58 Å². The van der Waals surface area contributed by atoms with Crippen LogP contribution in [-0.4, -0.2) is 23.8 Å². The van der Waals surface area contributed by atoms with Gasteiger partial charge in [0.2, 0.25) is 5.88 Å². The Bertz CT molecular complexity index is 815. The molecule has 22 heavy (non-hydrogen) atoms. The van der Waals surface area contributed by atoms with Gasteiger partial charge in [0.05, 0.1) is 5.69 Å². The first kappa shape index (κ1) is 13.4. The highest BCUT2D eigenvalue weighted by atomic mass is 16.3. The fourth-order valence-corrected chi connectivity index (χ4v) is 3.36. The molecule has 0 aliphatic carbocycles. The van der Waals surface area contributed by atoms with Crippen molar-refractivity contribution in [1.29, 1.82) is 0 Å². The van der Waals surface area contributed by atoms with Crippen LogP contribution in [0.3, 0.4) is 0 Å². The molecule has 0 spiro atoms. The molecule has 0 fully saturated rings. The molecule has 1 aromatic heterocycles. The van der Waals surface area contributed by atoms with E-state index in [0.717, 1.165) is 35.7 Å². The van der Waals surface area contributed by atoms with Gasteiger partial charge in [-0.2, -0.15) is 0 Å². The molecule has 4 heteroatoms. The summed E-state index contributed by atoms with van der Waals surface area (Å²) < 4.78 is 6.19. The van der Waals surface area contributed by atoms with Crippen molar-refractivity contribution in [3.8, 4) is 0 Å². The Morgan fingerprint density at radius 1 is 1.18 bits per heavy atom. The average molecular weight is 295 g/mol. The van der Waals surface area contributed by atoms with E-state index in [1.165, 1.54) is 16.5 Å². The minimum atomic E-state index is 0.289. The summed E-state index contributed by atoms with van der Waals surface area (Å²) in [5.41, 5.74) is 5.76. The minimum Gasteiger partial charge on any atom is -0.436 e. The van der Waals surface area contributed by atoms with E-state index in [9.17, 15) is 0 Å². The van der Waals surface area contributed by atoms with Gasteiger partial charge < -0.3 is 14.2 Å². The van der Waals surface area contributed by atoms with Crippen molar-refractivity contribution in [2.75, 3.05) is 11.9 Å².